The van der Waals surface area contributed by atoms with E-state index in [1.54, 1.807) is 30.0 Å². The van der Waals surface area contributed by atoms with E-state index in [0.29, 0.717) is 29.5 Å². The quantitative estimate of drug-likeness (QED) is 0.885. The molecule has 1 aromatic carbocycles. The second kappa shape index (κ2) is 6.36. The first kappa shape index (κ1) is 16.4. The van der Waals surface area contributed by atoms with Gasteiger partial charge in [0.25, 0.3) is 0 Å². The van der Waals surface area contributed by atoms with Crippen LogP contribution in [0.5, 0.6) is 11.5 Å². The standard InChI is InChI=1S/C18H18N2O6/c1-10-4-12(26-19-10)6-17(21)20-7-13(14(8-20)18(22)23)11-2-3-15-16(5-11)25-9-24-15/h2-5,13-14H,6-9H2,1H3,(H,22,23)/t13-,14+/m0/s1. The average Bonchev–Trinajstić information content (AvgIpc) is 3.32. The zero-order valence-corrected chi connectivity index (χ0v) is 14.2. The van der Waals surface area contributed by atoms with Gasteiger partial charge in [0.05, 0.1) is 18.0 Å². The number of amides is 1. The molecule has 1 aromatic heterocycles. The molecule has 0 saturated carbocycles. The van der Waals surface area contributed by atoms with E-state index < -0.39 is 11.9 Å². The number of benzene rings is 1. The van der Waals surface area contributed by atoms with Crippen molar-refractivity contribution in [3.8, 4) is 11.5 Å². The van der Waals surface area contributed by atoms with Crippen LogP contribution in [-0.4, -0.2) is 46.9 Å². The Morgan fingerprint density at radius 3 is 2.77 bits per heavy atom. The number of carbonyl (C=O) groups excluding carboxylic acids is 1. The topological polar surface area (TPSA) is 102 Å². The summed E-state index contributed by atoms with van der Waals surface area (Å²) in [7, 11) is 0. The van der Waals surface area contributed by atoms with E-state index in [2.05, 4.69) is 5.16 Å². The fraction of sp³-hybridized carbons (Fsp3) is 0.389. The molecule has 26 heavy (non-hydrogen) atoms. The molecule has 1 saturated heterocycles. The summed E-state index contributed by atoms with van der Waals surface area (Å²) in [5.74, 6) is -0.334. The molecule has 8 nitrogen and oxygen atoms in total. The number of carboxylic acids is 1. The fourth-order valence-corrected chi connectivity index (χ4v) is 3.50. The van der Waals surface area contributed by atoms with Crippen LogP contribution in [0.4, 0.5) is 0 Å². The van der Waals surface area contributed by atoms with Gasteiger partial charge < -0.3 is 24.0 Å². The molecule has 2 aromatic rings. The van der Waals surface area contributed by atoms with E-state index in [9.17, 15) is 14.7 Å². The minimum Gasteiger partial charge on any atom is -0.481 e. The Hall–Kier alpha value is -3.03. The van der Waals surface area contributed by atoms with Gasteiger partial charge in [-0.2, -0.15) is 0 Å². The lowest BCUT2D eigenvalue weighted by Gasteiger charge is -2.16. The lowest BCUT2D eigenvalue weighted by atomic mass is 9.89. The van der Waals surface area contributed by atoms with Crippen LogP contribution in [0, 0.1) is 12.8 Å². The maximum Gasteiger partial charge on any atom is 0.308 e. The second-order valence-electron chi connectivity index (χ2n) is 6.57. The molecule has 0 spiro atoms. The minimum absolute atomic E-state index is 0.0705. The van der Waals surface area contributed by atoms with E-state index in [0.717, 1.165) is 5.56 Å². The number of carbonyl (C=O) groups is 2. The van der Waals surface area contributed by atoms with Crippen molar-refractivity contribution >= 4 is 11.9 Å². The first-order valence-corrected chi connectivity index (χ1v) is 8.33. The molecule has 0 aliphatic carbocycles. The van der Waals surface area contributed by atoms with Crippen molar-refractivity contribution in [3.05, 3.63) is 41.3 Å². The number of nitrogens with zero attached hydrogens (tertiary/aromatic N) is 2. The third-order valence-corrected chi connectivity index (χ3v) is 4.82. The number of hydrogen-bond acceptors (Lipinski definition) is 6. The lowest BCUT2D eigenvalue weighted by molar-refractivity contribution is -0.141. The molecule has 4 rings (SSSR count). The van der Waals surface area contributed by atoms with Crippen molar-refractivity contribution < 1.29 is 28.7 Å². The summed E-state index contributed by atoms with van der Waals surface area (Å²) in [6, 6.07) is 7.12. The fourth-order valence-electron chi connectivity index (χ4n) is 3.50. The third kappa shape index (κ3) is 2.98. The van der Waals surface area contributed by atoms with Gasteiger partial charge in [0.15, 0.2) is 11.5 Å². The molecule has 1 amide bonds. The van der Waals surface area contributed by atoms with Gasteiger partial charge in [-0.05, 0) is 24.6 Å². The highest BCUT2D eigenvalue weighted by Crippen LogP contribution is 2.39. The summed E-state index contributed by atoms with van der Waals surface area (Å²) in [5.41, 5.74) is 1.53. The summed E-state index contributed by atoms with van der Waals surface area (Å²) >= 11 is 0. The number of aromatic nitrogens is 1. The highest BCUT2D eigenvalue weighted by molar-refractivity contribution is 5.81. The molecule has 1 N–H and O–H groups in total. The average molecular weight is 358 g/mol. The van der Waals surface area contributed by atoms with E-state index >= 15 is 0 Å². The molecule has 1 fully saturated rings. The van der Waals surface area contributed by atoms with Gasteiger partial charge in [-0.3, -0.25) is 9.59 Å². The van der Waals surface area contributed by atoms with E-state index in [4.69, 9.17) is 14.0 Å². The predicted molar refractivity (Wildman–Crippen MR) is 88.0 cm³/mol. The number of hydrogen-bond donors (Lipinski definition) is 1. The maximum atomic E-state index is 12.6. The van der Waals surface area contributed by atoms with E-state index in [1.165, 1.54) is 0 Å². The van der Waals surface area contributed by atoms with Crippen molar-refractivity contribution in [3.63, 3.8) is 0 Å². The van der Waals surface area contributed by atoms with E-state index in [1.807, 2.05) is 6.07 Å². The van der Waals surface area contributed by atoms with Crippen LogP contribution < -0.4 is 9.47 Å². The number of carboxylic acid groups (broad SMARTS) is 1. The second-order valence-corrected chi connectivity index (χ2v) is 6.57. The van der Waals surface area contributed by atoms with Crippen LogP contribution >= 0.6 is 0 Å². The van der Waals surface area contributed by atoms with E-state index in [-0.39, 0.29) is 31.6 Å². The Bertz CT molecular complexity index is 861. The van der Waals surface area contributed by atoms with Gasteiger partial charge in [0, 0.05) is 25.1 Å². The van der Waals surface area contributed by atoms with Crippen LogP contribution in [0.2, 0.25) is 0 Å². The monoisotopic (exact) mass is 358 g/mol. The number of rotatable bonds is 4. The molecular weight excluding hydrogens is 340 g/mol. The summed E-state index contributed by atoms with van der Waals surface area (Å²) < 4.78 is 15.8. The number of aliphatic carboxylic acids is 1. The predicted octanol–water partition coefficient (Wildman–Crippen LogP) is 1.58. The summed E-state index contributed by atoms with van der Waals surface area (Å²) in [6.07, 6.45) is 0.0705. The molecule has 0 unspecified atom stereocenters. The highest BCUT2D eigenvalue weighted by atomic mass is 16.7. The molecular formula is C18H18N2O6. The Labute approximate surface area is 149 Å². The molecule has 136 valence electrons. The van der Waals surface area contributed by atoms with Gasteiger partial charge >= 0.3 is 5.97 Å². The van der Waals surface area contributed by atoms with Crippen LogP contribution in [0.3, 0.4) is 0 Å². The lowest BCUT2D eigenvalue weighted by Crippen LogP contribution is -2.31. The van der Waals surface area contributed by atoms with Crippen LogP contribution in [0.25, 0.3) is 0 Å². The van der Waals surface area contributed by atoms with Crippen molar-refractivity contribution in [2.45, 2.75) is 19.3 Å². The first-order valence-electron chi connectivity index (χ1n) is 8.33. The van der Waals surface area contributed by atoms with Crippen LogP contribution in [0.1, 0.15) is 22.9 Å². The number of aryl methyl sites for hydroxylation is 1. The zero-order chi connectivity index (χ0) is 18.3. The number of fused-ring (bicyclic) bond motifs is 1. The summed E-state index contributed by atoms with van der Waals surface area (Å²) in [6.45, 7) is 2.44. The molecule has 2 aliphatic rings. The molecule has 2 atom stereocenters. The largest absolute Gasteiger partial charge is 0.481 e. The molecule has 0 bridgehead atoms. The number of likely N-dealkylation sites (tertiary alicyclic amines) is 1. The normalized spacial score (nSPS) is 21.2. The SMILES string of the molecule is Cc1cc(CC(=O)N2C[C@@H](C(=O)O)[C@H](c3ccc4c(c3)OCO4)C2)on1. The molecule has 8 heteroatoms. The number of ether oxygens (including phenoxy) is 2. The van der Waals surface area contributed by atoms with Crippen molar-refractivity contribution in [2.24, 2.45) is 5.92 Å². The van der Waals surface area contributed by atoms with Gasteiger partial charge in [-0.1, -0.05) is 11.2 Å². The highest BCUT2D eigenvalue weighted by Gasteiger charge is 2.41. The Morgan fingerprint density at radius 1 is 1.23 bits per heavy atom. The summed E-state index contributed by atoms with van der Waals surface area (Å²) in [5, 5.41) is 13.4. The van der Waals surface area contributed by atoms with Crippen LogP contribution in [0.15, 0.2) is 28.8 Å². The molecule has 2 aliphatic heterocycles. The first-order chi connectivity index (χ1) is 12.5. The van der Waals surface area contributed by atoms with Crippen molar-refractivity contribution in [1.29, 1.82) is 0 Å². The Balaban J connectivity index is 1.53. The van der Waals surface area contributed by atoms with Crippen molar-refractivity contribution in [2.75, 3.05) is 19.9 Å². The van der Waals surface area contributed by atoms with Crippen molar-refractivity contribution in [1.82, 2.24) is 10.1 Å². The zero-order valence-electron chi connectivity index (χ0n) is 14.2. The smallest absolute Gasteiger partial charge is 0.308 e. The summed E-state index contributed by atoms with van der Waals surface area (Å²) in [4.78, 5) is 25.9. The Kier molecular flexibility index (Phi) is 4.02. The van der Waals surface area contributed by atoms with Crippen LogP contribution in [-0.2, 0) is 16.0 Å². The van der Waals surface area contributed by atoms with Gasteiger partial charge in [0.1, 0.15) is 5.76 Å². The Morgan fingerprint density at radius 2 is 2.04 bits per heavy atom. The molecule has 0 radical (unpaired) electrons. The maximum absolute atomic E-state index is 12.6. The third-order valence-electron chi connectivity index (χ3n) is 4.82. The van der Waals surface area contributed by atoms with Gasteiger partial charge in [-0.25, -0.2) is 0 Å². The minimum atomic E-state index is -0.918. The molecule has 3 heterocycles. The van der Waals surface area contributed by atoms with Gasteiger partial charge in [-0.15, -0.1) is 0 Å². The van der Waals surface area contributed by atoms with Gasteiger partial charge in [0.2, 0.25) is 12.7 Å².